The Kier molecular flexibility index (Phi) is 5.01. The first-order valence-electron chi connectivity index (χ1n) is 8.57. The predicted octanol–water partition coefficient (Wildman–Crippen LogP) is 3.75. The second-order valence-corrected chi connectivity index (χ2v) is 8.24. The molecule has 3 rings (SSSR count). The quantitative estimate of drug-likeness (QED) is 0.829. The van der Waals surface area contributed by atoms with Gasteiger partial charge in [0.25, 0.3) is 0 Å². The summed E-state index contributed by atoms with van der Waals surface area (Å²) >= 11 is 0. The monoisotopic (exact) mass is 345 g/mol. The first kappa shape index (κ1) is 17.1. The van der Waals surface area contributed by atoms with E-state index >= 15 is 0 Å². The predicted molar refractivity (Wildman–Crippen MR) is 95.4 cm³/mol. The van der Waals surface area contributed by atoms with Gasteiger partial charge in [-0.1, -0.05) is 43.7 Å². The van der Waals surface area contributed by atoms with Gasteiger partial charge in [-0.3, -0.25) is 4.79 Å². The summed E-state index contributed by atoms with van der Waals surface area (Å²) in [4.78, 5) is 12.7. The van der Waals surface area contributed by atoms with Crippen molar-refractivity contribution in [1.29, 1.82) is 0 Å². The maximum Gasteiger partial charge on any atom is 0.243 e. The van der Waals surface area contributed by atoms with Crippen LogP contribution in [0.25, 0.3) is 10.8 Å². The zero-order valence-electron chi connectivity index (χ0n) is 13.9. The molecule has 0 saturated carbocycles. The topological polar surface area (TPSA) is 54.5 Å². The minimum absolute atomic E-state index is 0.0431. The number of sulfonamides is 1. The summed E-state index contributed by atoms with van der Waals surface area (Å²) in [7, 11) is -3.65. The number of nitrogens with zero attached hydrogens (tertiary/aromatic N) is 1. The molecule has 0 amide bonds. The van der Waals surface area contributed by atoms with Crippen LogP contribution in [0.4, 0.5) is 0 Å². The second kappa shape index (κ2) is 7.03. The highest BCUT2D eigenvalue weighted by molar-refractivity contribution is 7.89. The Labute approximate surface area is 143 Å². The van der Waals surface area contributed by atoms with Gasteiger partial charge in [0.1, 0.15) is 0 Å². The highest BCUT2D eigenvalue weighted by atomic mass is 32.2. The summed E-state index contributed by atoms with van der Waals surface area (Å²) in [6.07, 6.45) is 3.53. The number of hydrogen-bond acceptors (Lipinski definition) is 3. The van der Waals surface area contributed by atoms with Crippen molar-refractivity contribution < 1.29 is 13.2 Å². The average Bonchev–Trinajstić information content (AvgIpc) is 2.61. The minimum Gasteiger partial charge on any atom is -0.298 e. The van der Waals surface area contributed by atoms with Crippen molar-refractivity contribution in [3.05, 3.63) is 42.5 Å². The summed E-state index contributed by atoms with van der Waals surface area (Å²) in [5.74, 6) is 0.0431. The fraction of sp³-hybridized carbons (Fsp3) is 0.421. The van der Waals surface area contributed by atoms with Gasteiger partial charge in [0.15, 0.2) is 5.78 Å². The third kappa shape index (κ3) is 3.23. The smallest absolute Gasteiger partial charge is 0.243 e. The molecule has 0 aliphatic carbocycles. The molecule has 1 unspecified atom stereocenters. The highest BCUT2D eigenvalue weighted by Crippen LogP contribution is 2.28. The number of fused-ring (bicyclic) bond motifs is 1. The molecule has 1 atom stereocenters. The van der Waals surface area contributed by atoms with Gasteiger partial charge in [-0.05, 0) is 42.2 Å². The van der Waals surface area contributed by atoms with E-state index in [1.807, 2.05) is 37.3 Å². The minimum atomic E-state index is -3.65. The first-order chi connectivity index (χ1) is 11.5. The Morgan fingerprint density at radius 1 is 1.12 bits per heavy atom. The first-order valence-corrected chi connectivity index (χ1v) is 10.0. The average molecular weight is 345 g/mol. The lowest BCUT2D eigenvalue weighted by atomic mass is 9.99. The summed E-state index contributed by atoms with van der Waals surface area (Å²) in [5, 5.41) is 1.90. The lowest BCUT2D eigenvalue weighted by molar-refractivity contribution is -0.123. The number of carbonyl (C=O) groups is 1. The van der Waals surface area contributed by atoms with E-state index in [1.165, 1.54) is 4.31 Å². The molecular weight excluding hydrogens is 322 g/mol. The highest BCUT2D eigenvalue weighted by Gasteiger charge is 2.36. The number of rotatable bonds is 5. The van der Waals surface area contributed by atoms with E-state index in [4.69, 9.17) is 0 Å². The number of carbonyl (C=O) groups excluding carboxylic acids is 1. The molecule has 1 saturated heterocycles. The molecule has 128 valence electrons. The van der Waals surface area contributed by atoms with E-state index in [2.05, 4.69) is 0 Å². The molecule has 0 radical (unpaired) electrons. The molecule has 2 aromatic rings. The summed E-state index contributed by atoms with van der Waals surface area (Å²) in [5.41, 5.74) is 0. The van der Waals surface area contributed by atoms with Gasteiger partial charge in [-0.15, -0.1) is 0 Å². The van der Waals surface area contributed by atoms with Crippen LogP contribution < -0.4 is 0 Å². The van der Waals surface area contributed by atoms with Crippen molar-refractivity contribution in [2.45, 2.75) is 50.0 Å². The molecule has 0 bridgehead atoms. The Balaban J connectivity index is 1.98. The number of piperidine rings is 1. The van der Waals surface area contributed by atoms with Crippen LogP contribution in [0.15, 0.2) is 47.4 Å². The molecule has 1 aliphatic rings. The van der Waals surface area contributed by atoms with Gasteiger partial charge < -0.3 is 0 Å². The maximum absolute atomic E-state index is 13.1. The van der Waals surface area contributed by atoms with E-state index in [0.717, 1.165) is 30.0 Å². The van der Waals surface area contributed by atoms with Crippen molar-refractivity contribution in [3.63, 3.8) is 0 Å². The number of ketones is 1. The Hall–Kier alpha value is -1.72. The van der Waals surface area contributed by atoms with Crippen LogP contribution in [0, 0.1) is 0 Å². The molecular formula is C19H23NO3S. The zero-order chi connectivity index (χ0) is 17.2. The summed E-state index contributed by atoms with van der Waals surface area (Å²) in [6, 6.07) is 12.4. The third-order valence-corrected chi connectivity index (χ3v) is 6.55. The number of hydrogen-bond donors (Lipinski definition) is 0. The molecule has 0 N–H and O–H groups in total. The molecule has 5 heteroatoms. The van der Waals surface area contributed by atoms with Crippen LogP contribution >= 0.6 is 0 Å². The van der Waals surface area contributed by atoms with Crippen LogP contribution in [-0.4, -0.2) is 31.1 Å². The van der Waals surface area contributed by atoms with E-state index in [9.17, 15) is 13.2 Å². The van der Waals surface area contributed by atoms with Crippen LogP contribution in [0.3, 0.4) is 0 Å². The fourth-order valence-electron chi connectivity index (χ4n) is 3.39. The molecule has 0 aromatic heterocycles. The molecule has 4 nitrogen and oxygen atoms in total. The standard InChI is InChI=1S/C19H23NO3S/c1-2-7-19(21)18-10-5-6-13-20(18)24(22,23)17-12-11-15-8-3-4-9-16(15)14-17/h3-4,8-9,11-12,14,18H,2,5-7,10,13H2,1H3. The molecule has 0 spiro atoms. The van der Waals surface area contributed by atoms with Gasteiger partial charge >= 0.3 is 0 Å². The van der Waals surface area contributed by atoms with Crippen molar-refractivity contribution in [2.24, 2.45) is 0 Å². The van der Waals surface area contributed by atoms with Gasteiger partial charge in [-0.25, -0.2) is 8.42 Å². The summed E-state index contributed by atoms with van der Waals surface area (Å²) in [6.45, 7) is 2.37. The Morgan fingerprint density at radius 3 is 2.62 bits per heavy atom. The zero-order valence-corrected chi connectivity index (χ0v) is 14.8. The molecule has 2 aromatic carbocycles. The Bertz CT molecular complexity index is 845. The van der Waals surface area contributed by atoms with E-state index in [-0.39, 0.29) is 10.7 Å². The van der Waals surface area contributed by atoms with Crippen molar-refractivity contribution in [1.82, 2.24) is 4.31 Å². The van der Waals surface area contributed by atoms with Crippen molar-refractivity contribution in [3.8, 4) is 0 Å². The molecule has 1 aliphatic heterocycles. The maximum atomic E-state index is 13.1. The van der Waals surface area contributed by atoms with E-state index in [0.29, 0.717) is 19.4 Å². The molecule has 1 fully saturated rings. The van der Waals surface area contributed by atoms with E-state index in [1.54, 1.807) is 12.1 Å². The van der Waals surface area contributed by atoms with E-state index < -0.39 is 16.1 Å². The Morgan fingerprint density at radius 2 is 1.88 bits per heavy atom. The molecule has 24 heavy (non-hydrogen) atoms. The van der Waals surface area contributed by atoms with Crippen molar-refractivity contribution >= 4 is 26.6 Å². The number of benzene rings is 2. The lowest BCUT2D eigenvalue weighted by Gasteiger charge is -2.33. The third-order valence-electron chi connectivity index (χ3n) is 4.65. The molecule has 1 heterocycles. The van der Waals surface area contributed by atoms with Crippen LogP contribution in [0.5, 0.6) is 0 Å². The van der Waals surface area contributed by atoms with Gasteiger partial charge in [-0.2, -0.15) is 4.31 Å². The van der Waals surface area contributed by atoms with Crippen LogP contribution in [-0.2, 0) is 14.8 Å². The van der Waals surface area contributed by atoms with Gasteiger partial charge in [0.2, 0.25) is 10.0 Å². The normalized spacial score (nSPS) is 19.5. The van der Waals surface area contributed by atoms with Crippen molar-refractivity contribution in [2.75, 3.05) is 6.54 Å². The number of Topliss-reactive ketones (excluding diaryl/α,β-unsaturated/α-hetero) is 1. The lowest BCUT2D eigenvalue weighted by Crippen LogP contribution is -2.47. The second-order valence-electron chi connectivity index (χ2n) is 6.35. The fourth-order valence-corrected chi connectivity index (χ4v) is 5.10. The van der Waals surface area contributed by atoms with Gasteiger partial charge in [0, 0.05) is 13.0 Å². The van der Waals surface area contributed by atoms with Gasteiger partial charge in [0.05, 0.1) is 10.9 Å². The van der Waals surface area contributed by atoms with Crippen LogP contribution in [0.1, 0.15) is 39.0 Å². The summed E-state index contributed by atoms with van der Waals surface area (Å²) < 4.78 is 27.7. The largest absolute Gasteiger partial charge is 0.298 e. The SMILES string of the molecule is CCCC(=O)C1CCCCN1S(=O)(=O)c1ccc2ccccc2c1. The van der Waals surface area contributed by atoms with Crippen LogP contribution in [0.2, 0.25) is 0 Å².